The van der Waals surface area contributed by atoms with Gasteiger partial charge in [0.05, 0.1) is 11.0 Å². The zero-order chi connectivity index (χ0) is 13.1. The first-order valence-electron chi connectivity index (χ1n) is 6.38. The number of hydrogen-bond donors (Lipinski definition) is 1. The molecule has 0 bridgehead atoms. The summed E-state index contributed by atoms with van der Waals surface area (Å²) in [6.07, 6.45) is 2.07. The minimum absolute atomic E-state index is 0.0888. The summed E-state index contributed by atoms with van der Waals surface area (Å²) in [4.78, 5) is 16.6. The fourth-order valence-electron chi connectivity index (χ4n) is 2.06. The third kappa shape index (κ3) is 2.23. The number of carbonyl (C=O) groups excluding carboxylic acids is 1. The van der Waals surface area contributed by atoms with Crippen molar-refractivity contribution in [2.45, 2.75) is 33.6 Å². The Hall–Kier alpha value is -1.84. The predicted molar refractivity (Wildman–Crippen MR) is 72.9 cm³/mol. The lowest BCUT2D eigenvalue weighted by atomic mass is 10.2. The monoisotopic (exact) mass is 245 g/mol. The third-order valence-electron chi connectivity index (χ3n) is 3.06. The molecule has 1 aromatic heterocycles. The van der Waals surface area contributed by atoms with Crippen LogP contribution in [0.3, 0.4) is 0 Å². The predicted octanol–water partition coefficient (Wildman–Crippen LogP) is 3.01. The Morgan fingerprint density at radius 2 is 2.17 bits per heavy atom. The molecule has 0 saturated heterocycles. The van der Waals surface area contributed by atoms with Crippen molar-refractivity contribution >= 4 is 17.1 Å². The molecule has 0 unspecified atom stereocenters. The molecule has 0 aliphatic heterocycles. The van der Waals surface area contributed by atoms with E-state index in [1.807, 2.05) is 32.0 Å². The zero-order valence-corrected chi connectivity index (χ0v) is 11.2. The second kappa shape index (κ2) is 5.21. The first-order chi connectivity index (χ1) is 8.65. The highest BCUT2D eigenvalue weighted by Gasteiger charge is 2.14. The Balaban J connectivity index is 2.35. The molecule has 4 nitrogen and oxygen atoms in total. The van der Waals surface area contributed by atoms with Gasteiger partial charge < -0.3 is 5.32 Å². The van der Waals surface area contributed by atoms with Crippen molar-refractivity contribution in [1.82, 2.24) is 14.9 Å². The molecule has 0 saturated carbocycles. The topological polar surface area (TPSA) is 46.9 Å². The van der Waals surface area contributed by atoms with Gasteiger partial charge in [0.1, 0.15) is 5.82 Å². The van der Waals surface area contributed by atoms with E-state index >= 15 is 0 Å². The fraction of sp³-hybridized carbons (Fsp3) is 0.429. The van der Waals surface area contributed by atoms with Gasteiger partial charge in [-0.25, -0.2) is 14.3 Å². The number of hydrogen-bond acceptors (Lipinski definition) is 2. The van der Waals surface area contributed by atoms with Gasteiger partial charge in [0.15, 0.2) is 0 Å². The van der Waals surface area contributed by atoms with Gasteiger partial charge in [-0.3, -0.25) is 0 Å². The summed E-state index contributed by atoms with van der Waals surface area (Å²) in [5.74, 6) is 0.730. The van der Waals surface area contributed by atoms with E-state index in [4.69, 9.17) is 0 Å². The summed E-state index contributed by atoms with van der Waals surface area (Å²) < 4.78 is 1.65. The van der Waals surface area contributed by atoms with Crippen LogP contribution >= 0.6 is 0 Å². The van der Waals surface area contributed by atoms with Crippen molar-refractivity contribution in [3.05, 3.63) is 29.6 Å². The van der Waals surface area contributed by atoms with E-state index in [9.17, 15) is 4.79 Å². The van der Waals surface area contributed by atoms with Crippen LogP contribution in [0.4, 0.5) is 4.79 Å². The van der Waals surface area contributed by atoms with Gasteiger partial charge in [-0.2, -0.15) is 0 Å². The quantitative estimate of drug-likeness (QED) is 0.845. The molecule has 1 amide bonds. The summed E-state index contributed by atoms with van der Waals surface area (Å²) in [5.41, 5.74) is 2.87. The second-order valence-corrected chi connectivity index (χ2v) is 4.52. The Morgan fingerprint density at radius 3 is 2.89 bits per heavy atom. The number of amides is 1. The van der Waals surface area contributed by atoms with Crippen molar-refractivity contribution in [1.29, 1.82) is 0 Å². The Morgan fingerprint density at radius 1 is 1.39 bits per heavy atom. The molecule has 0 spiro atoms. The number of unbranched alkanes of at least 4 members (excludes halogenated alkanes) is 1. The highest BCUT2D eigenvalue weighted by molar-refractivity contribution is 5.91. The largest absolute Gasteiger partial charge is 0.337 e. The van der Waals surface area contributed by atoms with E-state index in [0.29, 0.717) is 6.54 Å². The molecule has 96 valence electrons. The van der Waals surface area contributed by atoms with Gasteiger partial charge in [0, 0.05) is 6.54 Å². The lowest BCUT2D eigenvalue weighted by molar-refractivity contribution is 0.242. The molecule has 0 aliphatic rings. The van der Waals surface area contributed by atoms with E-state index in [0.717, 1.165) is 35.3 Å². The van der Waals surface area contributed by atoms with Gasteiger partial charge in [0.25, 0.3) is 0 Å². The number of imidazole rings is 1. The van der Waals surface area contributed by atoms with E-state index in [1.165, 1.54) is 0 Å². The molecule has 18 heavy (non-hydrogen) atoms. The second-order valence-electron chi connectivity index (χ2n) is 4.52. The van der Waals surface area contributed by atoms with Gasteiger partial charge in [-0.15, -0.1) is 0 Å². The third-order valence-corrected chi connectivity index (χ3v) is 3.06. The van der Waals surface area contributed by atoms with Crippen LogP contribution < -0.4 is 5.32 Å². The molecule has 2 aromatic rings. The van der Waals surface area contributed by atoms with Gasteiger partial charge in [0.2, 0.25) is 0 Å². The SMILES string of the molecule is CCCCNC(=O)n1c(C)nc2c(C)cccc21. The molecular weight excluding hydrogens is 226 g/mol. The van der Waals surface area contributed by atoms with Gasteiger partial charge >= 0.3 is 6.03 Å². The van der Waals surface area contributed by atoms with Crippen molar-refractivity contribution in [2.75, 3.05) is 6.54 Å². The Labute approximate surface area is 107 Å². The number of aryl methyl sites for hydroxylation is 2. The lowest BCUT2D eigenvalue weighted by Gasteiger charge is -2.07. The smallest absolute Gasteiger partial charge is 0.327 e. The molecule has 0 fully saturated rings. The minimum atomic E-state index is -0.0888. The van der Waals surface area contributed by atoms with Crippen molar-refractivity contribution < 1.29 is 4.79 Å². The molecule has 2 rings (SSSR count). The molecule has 0 radical (unpaired) electrons. The fourth-order valence-corrected chi connectivity index (χ4v) is 2.06. The van der Waals surface area contributed by atoms with Crippen molar-refractivity contribution in [3.63, 3.8) is 0 Å². The minimum Gasteiger partial charge on any atom is -0.337 e. The van der Waals surface area contributed by atoms with Crippen LogP contribution in [-0.2, 0) is 0 Å². The molecule has 1 aromatic carbocycles. The van der Waals surface area contributed by atoms with Crippen LogP contribution in [0.15, 0.2) is 18.2 Å². The summed E-state index contributed by atoms with van der Waals surface area (Å²) in [6.45, 7) is 6.68. The highest BCUT2D eigenvalue weighted by atomic mass is 16.2. The summed E-state index contributed by atoms with van der Waals surface area (Å²) in [6, 6.07) is 5.80. The van der Waals surface area contributed by atoms with Crippen molar-refractivity contribution in [3.8, 4) is 0 Å². The number of para-hydroxylation sites is 1. The number of rotatable bonds is 3. The number of benzene rings is 1. The number of nitrogens with one attached hydrogen (secondary N) is 1. The number of aromatic nitrogens is 2. The van der Waals surface area contributed by atoms with E-state index < -0.39 is 0 Å². The van der Waals surface area contributed by atoms with E-state index in [-0.39, 0.29) is 6.03 Å². The normalized spacial score (nSPS) is 10.8. The molecule has 0 atom stereocenters. The van der Waals surface area contributed by atoms with Gasteiger partial charge in [-0.05, 0) is 31.9 Å². The summed E-state index contributed by atoms with van der Waals surface area (Å²) in [5, 5.41) is 2.92. The maximum atomic E-state index is 12.1. The molecule has 4 heteroatoms. The van der Waals surface area contributed by atoms with Crippen LogP contribution in [0.5, 0.6) is 0 Å². The van der Waals surface area contributed by atoms with Crippen LogP contribution in [0.25, 0.3) is 11.0 Å². The lowest BCUT2D eigenvalue weighted by Crippen LogP contribution is -2.29. The molecule has 0 aliphatic carbocycles. The maximum Gasteiger partial charge on any atom is 0.327 e. The molecule has 1 heterocycles. The Kier molecular flexibility index (Phi) is 3.65. The van der Waals surface area contributed by atoms with Crippen LogP contribution in [0.1, 0.15) is 31.2 Å². The first-order valence-corrected chi connectivity index (χ1v) is 6.38. The molecular formula is C14H19N3O. The number of fused-ring (bicyclic) bond motifs is 1. The average Bonchev–Trinajstić information content (AvgIpc) is 2.67. The van der Waals surface area contributed by atoms with Crippen LogP contribution in [-0.4, -0.2) is 22.1 Å². The first kappa shape index (κ1) is 12.6. The number of carbonyl (C=O) groups is 1. The molecule has 1 N–H and O–H groups in total. The zero-order valence-electron chi connectivity index (χ0n) is 11.2. The highest BCUT2D eigenvalue weighted by Crippen LogP contribution is 2.18. The summed E-state index contributed by atoms with van der Waals surface area (Å²) >= 11 is 0. The maximum absolute atomic E-state index is 12.1. The van der Waals surface area contributed by atoms with Crippen LogP contribution in [0.2, 0.25) is 0 Å². The standard InChI is InChI=1S/C14H19N3O/c1-4-5-9-15-14(18)17-11(3)16-13-10(2)7-6-8-12(13)17/h6-8H,4-5,9H2,1-3H3,(H,15,18). The Bertz CT molecular complexity index is 572. The van der Waals surface area contributed by atoms with E-state index in [1.54, 1.807) is 4.57 Å². The summed E-state index contributed by atoms with van der Waals surface area (Å²) in [7, 11) is 0. The average molecular weight is 245 g/mol. The van der Waals surface area contributed by atoms with E-state index in [2.05, 4.69) is 17.2 Å². The van der Waals surface area contributed by atoms with Crippen molar-refractivity contribution in [2.24, 2.45) is 0 Å². The van der Waals surface area contributed by atoms with Gasteiger partial charge in [-0.1, -0.05) is 25.5 Å². The number of nitrogens with zero attached hydrogens (tertiary/aromatic N) is 2. The van der Waals surface area contributed by atoms with Crippen LogP contribution in [0, 0.1) is 13.8 Å².